The van der Waals surface area contributed by atoms with Gasteiger partial charge in [0.05, 0.1) is 5.56 Å². The molecule has 3 N–H and O–H groups in total. The van der Waals surface area contributed by atoms with Gasteiger partial charge in [0.25, 0.3) is 0 Å². The molecule has 0 saturated heterocycles. The molecule has 0 spiro atoms. The molecule has 3 nitrogen and oxygen atoms in total. The normalized spacial score (nSPS) is 10.3. The van der Waals surface area contributed by atoms with E-state index < -0.39 is 5.97 Å². The molecule has 2 aromatic carbocycles. The lowest BCUT2D eigenvalue weighted by molar-refractivity contribution is 0.0698. The minimum Gasteiger partial charge on any atom is -0.478 e. The lowest BCUT2D eigenvalue weighted by Gasteiger charge is -2.07. The Morgan fingerprint density at radius 3 is 2.61 bits per heavy atom. The maximum atomic E-state index is 11.0. The second kappa shape index (κ2) is 5.14. The summed E-state index contributed by atoms with van der Waals surface area (Å²) in [5.74, 6) is -1.00. The number of hydrogen-bond acceptors (Lipinski definition) is 3. The standard InChI is InChI=1S/C14H13NO2S/c1-9-4-2-3-5-13(9)18-10-6-7-12(15)11(8-10)14(16)17/h2-8H,15H2,1H3,(H,16,17). The van der Waals surface area contributed by atoms with E-state index >= 15 is 0 Å². The van der Waals surface area contributed by atoms with E-state index in [2.05, 4.69) is 0 Å². The summed E-state index contributed by atoms with van der Waals surface area (Å²) < 4.78 is 0. The van der Waals surface area contributed by atoms with Gasteiger partial charge in [0.2, 0.25) is 0 Å². The minimum atomic E-state index is -1.00. The van der Waals surface area contributed by atoms with Crippen LogP contribution in [0.4, 0.5) is 5.69 Å². The van der Waals surface area contributed by atoms with Crippen molar-refractivity contribution < 1.29 is 9.90 Å². The van der Waals surface area contributed by atoms with Gasteiger partial charge in [-0.1, -0.05) is 30.0 Å². The summed E-state index contributed by atoms with van der Waals surface area (Å²) in [5.41, 5.74) is 7.22. The predicted octanol–water partition coefficient (Wildman–Crippen LogP) is 3.43. The number of carboxylic acids is 1. The van der Waals surface area contributed by atoms with Gasteiger partial charge in [-0.25, -0.2) is 4.79 Å². The Kier molecular flexibility index (Phi) is 3.58. The van der Waals surface area contributed by atoms with Gasteiger partial charge in [-0.2, -0.15) is 0 Å². The lowest BCUT2D eigenvalue weighted by Crippen LogP contribution is -2.02. The zero-order valence-electron chi connectivity index (χ0n) is 9.88. The van der Waals surface area contributed by atoms with Gasteiger partial charge in [0, 0.05) is 15.5 Å². The highest BCUT2D eigenvalue weighted by molar-refractivity contribution is 7.99. The molecular formula is C14H13NO2S. The number of nitrogen functional groups attached to an aromatic ring is 1. The molecule has 18 heavy (non-hydrogen) atoms. The summed E-state index contributed by atoms with van der Waals surface area (Å²) in [6, 6.07) is 13.0. The molecule has 0 fully saturated rings. The molecule has 0 heterocycles. The van der Waals surface area contributed by atoms with Crippen LogP contribution < -0.4 is 5.73 Å². The summed E-state index contributed by atoms with van der Waals surface area (Å²) in [7, 11) is 0. The molecule has 0 saturated carbocycles. The van der Waals surface area contributed by atoms with Crippen LogP contribution in [0.3, 0.4) is 0 Å². The largest absolute Gasteiger partial charge is 0.478 e. The fourth-order valence-corrected chi connectivity index (χ4v) is 2.52. The van der Waals surface area contributed by atoms with Crippen LogP contribution in [-0.2, 0) is 0 Å². The fourth-order valence-electron chi connectivity index (χ4n) is 1.58. The Bertz CT molecular complexity index is 596. The third-order valence-electron chi connectivity index (χ3n) is 2.58. The third kappa shape index (κ3) is 2.65. The Morgan fingerprint density at radius 2 is 1.94 bits per heavy atom. The molecule has 0 radical (unpaired) electrons. The second-order valence-electron chi connectivity index (χ2n) is 3.92. The molecule has 0 amide bonds. The van der Waals surface area contributed by atoms with E-state index in [0.29, 0.717) is 0 Å². The van der Waals surface area contributed by atoms with E-state index in [-0.39, 0.29) is 11.3 Å². The van der Waals surface area contributed by atoms with Crippen LogP contribution in [-0.4, -0.2) is 11.1 Å². The number of benzene rings is 2. The van der Waals surface area contributed by atoms with Crippen LogP contribution in [0.1, 0.15) is 15.9 Å². The van der Waals surface area contributed by atoms with E-state index in [1.165, 1.54) is 11.8 Å². The Morgan fingerprint density at radius 1 is 1.22 bits per heavy atom. The van der Waals surface area contributed by atoms with Crippen LogP contribution in [0.25, 0.3) is 0 Å². The smallest absolute Gasteiger partial charge is 0.337 e. The first-order valence-corrected chi connectivity index (χ1v) is 6.26. The number of carbonyl (C=O) groups is 1. The molecule has 0 aromatic heterocycles. The van der Waals surface area contributed by atoms with Gasteiger partial charge in [0.15, 0.2) is 0 Å². The van der Waals surface area contributed by atoms with Crippen LogP contribution in [0, 0.1) is 6.92 Å². The molecule has 0 unspecified atom stereocenters. The van der Waals surface area contributed by atoms with E-state index in [0.717, 1.165) is 15.4 Å². The van der Waals surface area contributed by atoms with E-state index in [1.54, 1.807) is 12.1 Å². The van der Waals surface area contributed by atoms with Gasteiger partial charge in [-0.05, 0) is 36.8 Å². The zero-order valence-corrected chi connectivity index (χ0v) is 10.7. The van der Waals surface area contributed by atoms with Crippen LogP contribution in [0.2, 0.25) is 0 Å². The summed E-state index contributed by atoms with van der Waals surface area (Å²) in [6.45, 7) is 2.03. The number of hydrogen-bond donors (Lipinski definition) is 2. The molecule has 0 atom stereocenters. The van der Waals surface area contributed by atoms with Crippen molar-refractivity contribution in [2.45, 2.75) is 16.7 Å². The van der Waals surface area contributed by atoms with Gasteiger partial charge < -0.3 is 10.8 Å². The molecule has 0 aliphatic carbocycles. The van der Waals surface area contributed by atoms with Crippen molar-refractivity contribution in [3.63, 3.8) is 0 Å². The van der Waals surface area contributed by atoms with Crippen molar-refractivity contribution >= 4 is 23.4 Å². The Hall–Kier alpha value is -1.94. The SMILES string of the molecule is Cc1ccccc1Sc1ccc(N)c(C(=O)O)c1. The number of rotatable bonds is 3. The molecule has 2 rings (SSSR count). The van der Waals surface area contributed by atoms with Crippen LogP contribution in [0.15, 0.2) is 52.3 Å². The Labute approximate surface area is 110 Å². The monoisotopic (exact) mass is 259 g/mol. The maximum Gasteiger partial charge on any atom is 0.337 e. The number of carboxylic acid groups (broad SMARTS) is 1. The molecule has 4 heteroatoms. The topological polar surface area (TPSA) is 63.3 Å². The number of nitrogens with two attached hydrogens (primary N) is 1. The fraction of sp³-hybridized carbons (Fsp3) is 0.0714. The van der Waals surface area contributed by atoms with Crippen molar-refractivity contribution in [2.75, 3.05) is 5.73 Å². The minimum absolute atomic E-state index is 0.147. The first-order valence-electron chi connectivity index (χ1n) is 5.44. The van der Waals surface area contributed by atoms with Gasteiger partial charge in [-0.15, -0.1) is 0 Å². The first kappa shape index (κ1) is 12.5. The second-order valence-corrected chi connectivity index (χ2v) is 5.04. The molecule has 0 bridgehead atoms. The molecule has 0 aliphatic heterocycles. The highest BCUT2D eigenvalue weighted by Crippen LogP contribution is 2.31. The van der Waals surface area contributed by atoms with E-state index in [9.17, 15) is 4.79 Å². The van der Waals surface area contributed by atoms with Gasteiger partial charge in [-0.3, -0.25) is 0 Å². The number of aryl methyl sites for hydroxylation is 1. The molecule has 2 aromatic rings. The van der Waals surface area contributed by atoms with Crippen molar-refractivity contribution in [1.29, 1.82) is 0 Å². The summed E-state index contributed by atoms with van der Waals surface area (Å²) in [6.07, 6.45) is 0. The molecule has 92 valence electrons. The number of aromatic carboxylic acids is 1. The summed E-state index contributed by atoms with van der Waals surface area (Å²) in [5, 5.41) is 9.02. The van der Waals surface area contributed by atoms with E-state index in [1.807, 2.05) is 37.3 Å². The molecule has 0 aliphatic rings. The summed E-state index contributed by atoms with van der Waals surface area (Å²) >= 11 is 1.54. The predicted molar refractivity (Wildman–Crippen MR) is 73.1 cm³/mol. The quantitative estimate of drug-likeness (QED) is 0.829. The van der Waals surface area contributed by atoms with Crippen molar-refractivity contribution in [3.05, 3.63) is 53.6 Å². The van der Waals surface area contributed by atoms with Crippen molar-refractivity contribution in [1.82, 2.24) is 0 Å². The highest BCUT2D eigenvalue weighted by atomic mass is 32.2. The van der Waals surface area contributed by atoms with Crippen molar-refractivity contribution in [2.24, 2.45) is 0 Å². The van der Waals surface area contributed by atoms with E-state index in [4.69, 9.17) is 10.8 Å². The van der Waals surface area contributed by atoms with Crippen molar-refractivity contribution in [3.8, 4) is 0 Å². The third-order valence-corrected chi connectivity index (χ3v) is 3.74. The average Bonchev–Trinajstić information content (AvgIpc) is 2.34. The van der Waals surface area contributed by atoms with Gasteiger partial charge in [0.1, 0.15) is 0 Å². The number of anilines is 1. The first-order chi connectivity index (χ1) is 8.58. The summed E-state index contributed by atoms with van der Waals surface area (Å²) in [4.78, 5) is 13.0. The maximum absolute atomic E-state index is 11.0. The highest BCUT2D eigenvalue weighted by Gasteiger charge is 2.09. The lowest BCUT2D eigenvalue weighted by atomic mass is 10.2. The van der Waals surface area contributed by atoms with Crippen LogP contribution >= 0.6 is 11.8 Å². The average molecular weight is 259 g/mol. The zero-order chi connectivity index (χ0) is 13.1. The van der Waals surface area contributed by atoms with Gasteiger partial charge >= 0.3 is 5.97 Å². The Balaban J connectivity index is 2.33. The van der Waals surface area contributed by atoms with Crippen LogP contribution in [0.5, 0.6) is 0 Å². The molecular weight excluding hydrogens is 246 g/mol.